The minimum absolute atomic E-state index is 0. The monoisotopic (exact) mass is 500 g/mol. The zero-order chi connectivity index (χ0) is 18.5. The van der Waals surface area contributed by atoms with Crippen molar-refractivity contribution in [2.24, 2.45) is 4.99 Å². The molecule has 27 heavy (non-hydrogen) atoms. The minimum atomic E-state index is 0. The lowest BCUT2D eigenvalue weighted by molar-refractivity contribution is -0.00829. The number of aryl methyl sites for hydroxylation is 3. The van der Waals surface area contributed by atoms with Gasteiger partial charge in [0.05, 0.1) is 23.9 Å². The Morgan fingerprint density at radius 2 is 2.11 bits per heavy atom. The molecule has 1 fully saturated rings. The molecule has 0 radical (unpaired) electrons. The van der Waals surface area contributed by atoms with Gasteiger partial charge in [-0.2, -0.15) is 0 Å². The minimum Gasteiger partial charge on any atom is -0.370 e. The lowest BCUT2D eigenvalue weighted by Crippen LogP contribution is -2.48. The first-order valence-electron chi connectivity index (χ1n) is 9.14. The number of nitrogens with zero attached hydrogens (tertiary/aromatic N) is 3. The number of thiazole rings is 1. The Hall–Kier alpha value is -1.19. The Bertz CT molecular complexity index is 777. The molecule has 0 amide bonds. The number of benzene rings is 1. The van der Waals surface area contributed by atoms with Crippen LogP contribution in [-0.2, 0) is 11.2 Å². The Kier molecular flexibility index (Phi) is 8.50. The Balaban J connectivity index is 0.00000261. The van der Waals surface area contributed by atoms with Gasteiger partial charge < -0.3 is 15.0 Å². The highest BCUT2D eigenvalue weighted by Crippen LogP contribution is 2.25. The third kappa shape index (κ3) is 5.65. The number of morpholine rings is 1. The average Bonchev–Trinajstić information content (AvgIpc) is 2.96. The van der Waals surface area contributed by atoms with Gasteiger partial charge in [0.25, 0.3) is 0 Å². The molecule has 5 nitrogen and oxygen atoms in total. The van der Waals surface area contributed by atoms with Crippen LogP contribution in [0.3, 0.4) is 0 Å². The van der Waals surface area contributed by atoms with Crippen LogP contribution in [0.1, 0.15) is 32.8 Å². The summed E-state index contributed by atoms with van der Waals surface area (Å²) < 4.78 is 6.03. The summed E-state index contributed by atoms with van der Waals surface area (Å²) in [6.45, 7) is 9.55. The van der Waals surface area contributed by atoms with Gasteiger partial charge in [-0.05, 0) is 31.9 Å². The van der Waals surface area contributed by atoms with E-state index in [0.29, 0.717) is 6.61 Å². The number of halogens is 1. The van der Waals surface area contributed by atoms with E-state index in [1.54, 1.807) is 11.3 Å². The van der Waals surface area contributed by atoms with Gasteiger partial charge in [0.15, 0.2) is 5.96 Å². The van der Waals surface area contributed by atoms with Crippen molar-refractivity contribution in [1.82, 2.24) is 15.2 Å². The highest BCUT2D eigenvalue weighted by atomic mass is 127. The molecule has 1 aromatic heterocycles. The number of rotatable bonds is 4. The first-order chi connectivity index (χ1) is 12.6. The molecule has 148 valence electrons. The second-order valence-electron chi connectivity index (χ2n) is 6.63. The molecule has 1 saturated heterocycles. The van der Waals surface area contributed by atoms with Crippen molar-refractivity contribution in [2.45, 2.75) is 33.3 Å². The fourth-order valence-electron chi connectivity index (χ4n) is 3.40. The van der Waals surface area contributed by atoms with Gasteiger partial charge in [0.2, 0.25) is 0 Å². The summed E-state index contributed by atoms with van der Waals surface area (Å²) in [6, 6.07) is 8.46. The number of nitrogens with one attached hydrogen (secondary N) is 1. The van der Waals surface area contributed by atoms with Crippen LogP contribution in [0.5, 0.6) is 0 Å². The van der Waals surface area contributed by atoms with Crippen molar-refractivity contribution in [3.63, 3.8) is 0 Å². The first-order valence-corrected chi connectivity index (χ1v) is 9.95. The maximum Gasteiger partial charge on any atom is 0.193 e. The molecule has 2 heterocycles. The average molecular weight is 500 g/mol. The smallest absolute Gasteiger partial charge is 0.193 e. The largest absolute Gasteiger partial charge is 0.370 e. The van der Waals surface area contributed by atoms with Crippen molar-refractivity contribution in [2.75, 3.05) is 33.3 Å². The quantitative estimate of drug-likeness (QED) is 0.394. The van der Waals surface area contributed by atoms with Crippen LogP contribution in [0.4, 0.5) is 0 Å². The lowest BCUT2D eigenvalue weighted by atomic mass is 10.0. The topological polar surface area (TPSA) is 49.8 Å². The first kappa shape index (κ1) is 22.1. The van der Waals surface area contributed by atoms with E-state index in [4.69, 9.17) is 4.74 Å². The summed E-state index contributed by atoms with van der Waals surface area (Å²) >= 11 is 1.78. The molecule has 0 saturated carbocycles. The van der Waals surface area contributed by atoms with Crippen molar-refractivity contribution in [3.8, 4) is 0 Å². The van der Waals surface area contributed by atoms with Crippen molar-refractivity contribution in [3.05, 3.63) is 51.0 Å². The maximum absolute atomic E-state index is 6.03. The zero-order valence-corrected chi connectivity index (χ0v) is 19.6. The van der Waals surface area contributed by atoms with E-state index in [1.165, 1.54) is 16.0 Å². The predicted octanol–water partition coefficient (Wildman–Crippen LogP) is 3.88. The summed E-state index contributed by atoms with van der Waals surface area (Å²) in [6.07, 6.45) is 1.07. The van der Waals surface area contributed by atoms with Crippen LogP contribution in [0.2, 0.25) is 0 Å². The van der Waals surface area contributed by atoms with E-state index in [1.807, 2.05) is 7.05 Å². The molecule has 3 rings (SSSR count). The van der Waals surface area contributed by atoms with Crippen LogP contribution >= 0.6 is 35.3 Å². The summed E-state index contributed by atoms with van der Waals surface area (Å²) in [5.41, 5.74) is 3.69. The molecular weight excluding hydrogens is 471 g/mol. The highest BCUT2D eigenvalue weighted by molar-refractivity contribution is 14.0. The van der Waals surface area contributed by atoms with Gasteiger partial charge in [0.1, 0.15) is 6.10 Å². The second-order valence-corrected chi connectivity index (χ2v) is 7.92. The summed E-state index contributed by atoms with van der Waals surface area (Å²) in [5.74, 6) is 0.950. The number of hydrogen-bond donors (Lipinski definition) is 1. The normalized spacial score (nSPS) is 17.6. The molecule has 0 spiro atoms. The summed E-state index contributed by atoms with van der Waals surface area (Å²) in [5, 5.41) is 4.65. The zero-order valence-electron chi connectivity index (χ0n) is 16.5. The molecule has 1 aliphatic heterocycles. The van der Waals surface area contributed by atoms with E-state index < -0.39 is 0 Å². The predicted molar refractivity (Wildman–Crippen MR) is 124 cm³/mol. The van der Waals surface area contributed by atoms with Gasteiger partial charge in [-0.1, -0.05) is 24.3 Å². The van der Waals surface area contributed by atoms with Crippen LogP contribution < -0.4 is 5.32 Å². The molecule has 1 aliphatic rings. The van der Waals surface area contributed by atoms with Crippen LogP contribution in [0.25, 0.3) is 0 Å². The third-order valence-corrected chi connectivity index (χ3v) is 5.88. The molecule has 1 atom stereocenters. The number of aliphatic imine (C=N–C) groups is 1. The molecular formula is C20H29IN4OS. The van der Waals surface area contributed by atoms with E-state index in [9.17, 15) is 0 Å². The molecule has 0 aliphatic carbocycles. The summed E-state index contributed by atoms with van der Waals surface area (Å²) in [4.78, 5) is 12.6. The number of aromatic nitrogens is 1. The molecule has 7 heteroatoms. The third-order valence-electron chi connectivity index (χ3n) is 4.75. The summed E-state index contributed by atoms with van der Waals surface area (Å²) in [7, 11) is 1.85. The van der Waals surface area contributed by atoms with Gasteiger partial charge in [0, 0.05) is 31.4 Å². The number of guanidine groups is 1. The van der Waals surface area contributed by atoms with Crippen LogP contribution in [0, 0.1) is 20.8 Å². The molecule has 1 unspecified atom stereocenters. The van der Waals surface area contributed by atoms with Crippen molar-refractivity contribution >= 4 is 41.3 Å². The Morgan fingerprint density at radius 3 is 2.78 bits per heavy atom. The van der Waals surface area contributed by atoms with E-state index in [2.05, 4.69) is 65.2 Å². The van der Waals surface area contributed by atoms with Crippen molar-refractivity contribution in [1.29, 1.82) is 0 Å². The van der Waals surface area contributed by atoms with E-state index >= 15 is 0 Å². The molecule has 2 aromatic rings. The van der Waals surface area contributed by atoms with E-state index in [-0.39, 0.29) is 30.1 Å². The van der Waals surface area contributed by atoms with Gasteiger partial charge in [-0.3, -0.25) is 4.99 Å². The number of ether oxygens (including phenoxy) is 1. The molecule has 0 bridgehead atoms. The lowest BCUT2D eigenvalue weighted by Gasteiger charge is -2.35. The van der Waals surface area contributed by atoms with Gasteiger partial charge in [-0.15, -0.1) is 35.3 Å². The van der Waals surface area contributed by atoms with Gasteiger partial charge >= 0.3 is 0 Å². The highest BCUT2D eigenvalue weighted by Gasteiger charge is 2.25. The fraction of sp³-hybridized carbons (Fsp3) is 0.500. The second kappa shape index (κ2) is 10.4. The van der Waals surface area contributed by atoms with E-state index in [0.717, 1.165) is 42.7 Å². The number of hydrogen-bond acceptors (Lipinski definition) is 4. The van der Waals surface area contributed by atoms with Gasteiger partial charge in [-0.25, -0.2) is 4.98 Å². The Morgan fingerprint density at radius 1 is 1.33 bits per heavy atom. The van der Waals surface area contributed by atoms with Crippen LogP contribution in [0.15, 0.2) is 29.3 Å². The SMILES string of the molecule is CN=C(NCCc1sc(C)nc1C)N1CCOC(c2ccccc2C)C1.I. The fourth-order valence-corrected chi connectivity index (χ4v) is 4.34. The van der Waals surface area contributed by atoms with Crippen molar-refractivity contribution < 1.29 is 4.74 Å². The maximum atomic E-state index is 6.03. The molecule has 1 aromatic carbocycles. The Labute approximate surface area is 183 Å². The standard InChI is InChI=1S/C20H28N4OS.HI/c1-14-7-5-6-8-17(14)18-13-24(11-12-25-18)20(21-4)22-10-9-19-15(2)23-16(3)26-19;/h5-8,18H,9-13H2,1-4H3,(H,21,22);1H. The molecule has 1 N–H and O–H groups in total. The van der Waals surface area contributed by atoms with Crippen LogP contribution in [-0.4, -0.2) is 49.1 Å².